The van der Waals surface area contributed by atoms with Crippen molar-refractivity contribution in [2.24, 2.45) is 0 Å². The van der Waals surface area contributed by atoms with Crippen molar-refractivity contribution in [2.75, 3.05) is 5.32 Å². The third-order valence-electron chi connectivity index (χ3n) is 3.40. The van der Waals surface area contributed by atoms with Crippen LogP contribution in [0.25, 0.3) is 0 Å². The zero-order valence-electron chi connectivity index (χ0n) is 14.1. The van der Waals surface area contributed by atoms with E-state index < -0.39 is 12.3 Å². The number of anilines is 1. The number of alkyl halides is 3. The SMILES string of the molecule is O=C(Nc1ccc(OC(F)(F)F)cc1)c1ccn(COc2ccc(Br)cc2)n1. The minimum atomic E-state index is -4.77. The summed E-state index contributed by atoms with van der Waals surface area (Å²) in [4.78, 5) is 12.2. The molecule has 10 heteroatoms. The third kappa shape index (κ3) is 5.74. The molecule has 146 valence electrons. The van der Waals surface area contributed by atoms with Gasteiger partial charge in [-0.05, 0) is 54.6 Å². The minimum Gasteiger partial charge on any atom is -0.471 e. The fraction of sp³-hybridized carbons (Fsp3) is 0.111. The van der Waals surface area contributed by atoms with Gasteiger partial charge in [0, 0.05) is 16.4 Å². The fourth-order valence-corrected chi connectivity index (χ4v) is 2.43. The summed E-state index contributed by atoms with van der Waals surface area (Å²) in [5.41, 5.74) is 0.440. The van der Waals surface area contributed by atoms with E-state index in [1.165, 1.54) is 22.9 Å². The molecule has 6 nitrogen and oxygen atoms in total. The summed E-state index contributed by atoms with van der Waals surface area (Å²) >= 11 is 3.33. The molecular weight excluding hydrogens is 443 g/mol. The molecule has 0 radical (unpaired) electrons. The third-order valence-corrected chi connectivity index (χ3v) is 3.92. The first-order chi connectivity index (χ1) is 13.3. The van der Waals surface area contributed by atoms with Gasteiger partial charge in [-0.15, -0.1) is 13.2 Å². The van der Waals surface area contributed by atoms with Crippen LogP contribution in [-0.4, -0.2) is 22.1 Å². The van der Waals surface area contributed by atoms with E-state index >= 15 is 0 Å². The Kier molecular flexibility index (Phi) is 5.88. The Morgan fingerprint density at radius 2 is 1.68 bits per heavy atom. The molecule has 3 rings (SSSR count). The summed E-state index contributed by atoms with van der Waals surface area (Å²) < 4.78 is 48.1. The normalized spacial score (nSPS) is 11.1. The number of carbonyl (C=O) groups is 1. The van der Waals surface area contributed by atoms with Gasteiger partial charge in [0.15, 0.2) is 12.4 Å². The number of benzene rings is 2. The van der Waals surface area contributed by atoms with Gasteiger partial charge < -0.3 is 14.8 Å². The van der Waals surface area contributed by atoms with Crippen LogP contribution in [0, 0.1) is 0 Å². The van der Waals surface area contributed by atoms with Gasteiger partial charge in [-0.2, -0.15) is 5.10 Å². The van der Waals surface area contributed by atoms with Gasteiger partial charge in [0.2, 0.25) is 0 Å². The second-order valence-corrected chi connectivity index (χ2v) is 6.41. The first kappa shape index (κ1) is 19.7. The number of hydrogen-bond acceptors (Lipinski definition) is 4. The first-order valence-electron chi connectivity index (χ1n) is 7.87. The molecule has 0 spiro atoms. The lowest BCUT2D eigenvalue weighted by atomic mass is 10.3. The van der Waals surface area contributed by atoms with Gasteiger partial charge in [-0.25, -0.2) is 4.68 Å². The molecule has 0 saturated heterocycles. The predicted molar refractivity (Wildman–Crippen MR) is 98.1 cm³/mol. The van der Waals surface area contributed by atoms with Crippen molar-refractivity contribution in [2.45, 2.75) is 13.1 Å². The van der Waals surface area contributed by atoms with Gasteiger partial charge in [0.25, 0.3) is 5.91 Å². The molecule has 0 aliphatic carbocycles. The highest BCUT2D eigenvalue weighted by Gasteiger charge is 2.30. The number of rotatable bonds is 6. The van der Waals surface area contributed by atoms with Crippen LogP contribution >= 0.6 is 15.9 Å². The molecule has 2 aromatic carbocycles. The van der Waals surface area contributed by atoms with Crippen LogP contribution in [0.1, 0.15) is 10.5 Å². The van der Waals surface area contributed by atoms with Gasteiger partial charge in [0.05, 0.1) is 0 Å². The van der Waals surface area contributed by atoms with E-state index in [1.807, 2.05) is 12.1 Å². The fourth-order valence-electron chi connectivity index (χ4n) is 2.16. The second kappa shape index (κ2) is 8.34. The number of aromatic nitrogens is 2. The molecule has 28 heavy (non-hydrogen) atoms. The zero-order chi connectivity index (χ0) is 20.1. The van der Waals surface area contributed by atoms with Crippen molar-refractivity contribution < 1.29 is 27.4 Å². The van der Waals surface area contributed by atoms with Crippen molar-refractivity contribution in [3.63, 3.8) is 0 Å². The lowest BCUT2D eigenvalue weighted by Gasteiger charge is -2.09. The Hall–Kier alpha value is -3.01. The van der Waals surface area contributed by atoms with Crippen molar-refractivity contribution in [1.82, 2.24) is 9.78 Å². The van der Waals surface area contributed by atoms with Crippen molar-refractivity contribution in [3.8, 4) is 11.5 Å². The monoisotopic (exact) mass is 455 g/mol. The van der Waals surface area contributed by atoms with Crippen LogP contribution in [0.4, 0.5) is 18.9 Å². The molecule has 1 heterocycles. The summed E-state index contributed by atoms with van der Waals surface area (Å²) in [7, 11) is 0. The molecule has 0 saturated carbocycles. The van der Waals surface area contributed by atoms with Gasteiger partial charge in [-0.1, -0.05) is 15.9 Å². The maximum atomic E-state index is 12.2. The summed E-state index contributed by atoms with van der Waals surface area (Å²) in [5.74, 6) is -0.238. The summed E-state index contributed by atoms with van der Waals surface area (Å²) in [6.07, 6.45) is -3.19. The van der Waals surface area contributed by atoms with E-state index in [2.05, 4.69) is 31.1 Å². The van der Waals surface area contributed by atoms with Crippen LogP contribution in [0.3, 0.4) is 0 Å². The molecule has 3 aromatic rings. The highest BCUT2D eigenvalue weighted by atomic mass is 79.9. The van der Waals surface area contributed by atoms with Crippen LogP contribution in [0.15, 0.2) is 65.3 Å². The Balaban J connectivity index is 1.55. The van der Waals surface area contributed by atoms with E-state index in [4.69, 9.17) is 4.74 Å². The summed E-state index contributed by atoms with van der Waals surface area (Å²) in [6.45, 7) is 0.110. The molecule has 0 fully saturated rings. The van der Waals surface area contributed by atoms with Gasteiger partial charge >= 0.3 is 6.36 Å². The highest BCUT2D eigenvalue weighted by Crippen LogP contribution is 2.24. The highest BCUT2D eigenvalue weighted by molar-refractivity contribution is 9.10. The average Bonchev–Trinajstić information content (AvgIpc) is 3.11. The van der Waals surface area contributed by atoms with E-state index in [0.717, 1.165) is 16.6 Å². The topological polar surface area (TPSA) is 65.4 Å². The second-order valence-electron chi connectivity index (χ2n) is 5.49. The Morgan fingerprint density at radius 1 is 1.04 bits per heavy atom. The molecule has 1 aromatic heterocycles. The number of nitrogens with zero attached hydrogens (tertiary/aromatic N) is 2. The van der Waals surface area contributed by atoms with E-state index in [0.29, 0.717) is 11.4 Å². The number of carbonyl (C=O) groups excluding carboxylic acids is 1. The van der Waals surface area contributed by atoms with Crippen molar-refractivity contribution in [3.05, 3.63) is 71.0 Å². The van der Waals surface area contributed by atoms with Crippen molar-refractivity contribution in [1.29, 1.82) is 0 Å². The van der Waals surface area contributed by atoms with E-state index in [-0.39, 0.29) is 18.2 Å². The molecule has 0 aliphatic heterocycles. The largest absolute Gasteiger partial charge is 0.573 e. The molecule has 0 aliphatic rings. The average molecular weight is 456 g/mol. The molecule has 1 N–H and O–H groups in total. The van der Waals surface area contributed by atoms with Crippen LogP contribution in [0.5, 0.6) is 11.5 Å². The zero-order valence-corrected chi connectivity index (χ0v) is 15.7. The number of ether oxygens (including phenoxy) is 2. The van der Waals surface area contributed by atoms with Gasteiger partial charge in [0.1, 0.15) is 11.5 Å². The predicted octanol–water partition coefficient (Wildman–Crippen LogP) is 4.83. The molecule has 1 amide bonds. The Bertz CT molecular complexity index is 941. The molecule has 0 bridgehead atoms. The minimum absolute atomic E-state index is 0.110. The number of amides is 1. The Morgan fingerprint density at radius 3 is 2.32 bits per heavy atom. The van der Waals surface area contributed by atoms with Crippen LogP contribution in [-0.2, 0) is 6.73 Å². The maximum Gasteiger partial charge on any atom is 0.573 e. The first-order valence-corrected chi connectivity index (χ1v) is 8.67. The van der Waals surface area contributed by atoms with Crippen LogP contribution in [0.2, 0.25) is 0 Å². The lowest BCUT2D eigenvalue weighted by molar-refractivity contribution is -0.274. The summed E-state index contributed by atoms with van der Waals surface area (Å²) in [6, 6.07) is 13.5. The smallest absolute Gasteiger partial charge is 0.471 e. The quantitative estimate of drug-likeness (QED) is 0.577. The molecule has 0 unspecified atom stereocenters. The standard InChI is InChI=1S/C18H13BrF3N3O3/c19-12-1-5-14(6-2-12)27-11-25-10-9-16(24-25)17(26)23-13-3-7-15(8-4-13)28-18(20,21)22/h1-10H,11H2,(H,23,26). The Labute approximate surface area is 166 Å². The van der Waals surface area contributed by atoms with Crippen molar-refractivity contribution >= 4 is 27.5 Å². The van der Waals surface area contributed by atoms with Gasteiger partial charge in [-0.3, -0.25) is 4.79 Å². The number of nitrogens with one attached hydrogen (secondary N) is 1. The lowest BCUT2D eigenvalue weighted by Crippen LogP contribution is -2.17. The van der Waals surface area contributed by atoms with Crippen LogP contribution < -0.4 is 14.8 Å². The molecule has 0 atom stereocenters. The summed E-state index contributed by atoms with van der Waals surface area (Å²) in [5, 5.41) is 6.65. The number of hydrogen-bond donors (Lipinski definition) is 1. The maximum absolute atomic E-state index is 12.2. The van der Waals surface area contributed by atoms with E-state index in [9.17, 15) is 18.0 Å². The molecular formula is C18H13BrF3N3O3. The number of halogens is 4. The van der Waals surface area contributed by atoms with E-state index in [1.54, 1.807) is 18.3 Å².